The standard InChI is InChI=1S/C8H12N2OS/c1-5(2)10-8(11)7-6(3)12-4-9-7/h4-5H,1-3H3,(H,10,11). The van der Waals surface area contributed by atoms with Gasteiger partial charge in [-0.15, -0.1) is 11.3 Å². The van der Waals surface area contributed by atoms with Crippen LogP contribution in [0.3, 0.4) is 0 Å². The van der Waals surface area contributed by atoms with E-state index in [1.807, 2.05) is 20.8 Å². The number of amides is 1. The minimum atomic E-state index is -0.0799. The van der Waals surface area contributed by atoms with Gasteiger partial charge in [0.15, 0.2) is 0 Å². The number of hydrogen-bond donors (Lipinski definition) is 1. The molecule has 0 aliphatic carbocycles. The number of rotatable bonds is 2. The van der Waals surface area contributed by atoms with E-state index in [0.29, 0.717) is 5.69 Å². The molecule has 1 aromatic heterocycles. The summed E-state index contributed by atoms with van der Waals surface area (Å²) in [6, 6.07) is 0.165. The molecule has 12 heavy (non-hydrogen) atoms. The molecule has 3 nitrogen and oxygen atoms in total. The summed E-state index contributed by atoms with van der Waals surface area (Å²) in [5.74, 6) is -0.0799. The number of thiazole rings is 1. The summed E-state index contributed by atoms with van der Waals surface area (Å²) in [5, 5.41) is 2.79. The molecular weight excluding hydrogens is 172 g/mol. The van der Waals surface area contributed by atoms with Crippen molar-refractivity contribution in [2.24, 2.45) is 0 Å². The van der Waals surface area contributed by atoms with E-state index >= 15 is 0 Å². The van der Waals surface area contributed by atoms with Gasteiger partial charge in [-0.25, -0.2) is 4.98 Å². The van der Waals surface area contributed by atoms with Gasteiger partial charge in [-0.05, 0) is 20.8 Å². The quantitative estimate of drug-likeness (QED) is 0.758. The number of hydrogen-bond acceptors (Lipinski definition) is 3. The largest absolute Gasteiger partial charge is 0.348 e. The van der Waals surface area contributed by atoms with Gasteiger partial charge in [0.05, 0.1) is 5.51 Å². The first-order valence-corrected chi connectivity index (χ1v) is 4.70. The highest BCUT2D eigenvalue weighted by Gasteiger charge is 2.11. The predicted molar refractivity (Wildman–Crippen MR) is 49.5 cm³/mol. The molecule has 1 N–H and O–H groups in total. The highest BCUT2D eigenvalue weighted by molar-refractivity contribution is 7.09. The smallest absolute Gasteiger partial charge is 0.271 e. The lowest BCUT2D eigenvalue weighted by molar-refractivity contribution is 0.0938. The summed E-state index contributed by atoms with van der Waals surface area (Å²) in [4.78, 5) is 16.3. The van der Waals surface area contributed by atoms with E-state index in [1.165, 1.54) is 11.3 Å². The van der Waals surface area contributed by atoms with E-state index in [1.54, 1.807) is 5.51 Å². The summed E-state index contributed by atoms with van der Waals surface area (Å²) in [6.45, 7) is 5.76. The molecule has 0 unspecified atom stereocenters. The van der Waals surface area contributed by atoms with Crippen molar-refractivity contribution >= 4 is 17.2 Å². The third kappa shape index (κ3) is 2.04. The topological polar surface area (TPSA) is 42.0 Å². The average molecular weight is 184 g/mol. The fourth-order valence-electron chi connectivity index (χ4n) is 0.854. The lowest BCUT2D eigenvalue weighted by Crippen LogP contribution is -2.30. The Balaban J connectivity index is 2.72. The Hall–Kier alpha value is -0.900. The van der Waals surface area contributed by atoms with Gasteiger partial charge in [-0.2, -0.15) is 0 Å². The normalized spacial score (nSPS) is 10.3. The van der Waals surface area contributed by atoms with Crippen LogP contribution in [0.2, 0.25) is 0 Å². The molecule has 0 fully saturated rings. The Bertz CT molecular complexity index is 280. The number of carbonyl (C=O) groups is 1. The molecule has 0 saturated heterocycles. The zero-order valence-electron chi connectivity index (χ0n) is 7.42. The van der Waals surface area contributed by atoms with Gasteiger partial charge < -0.3 is 5.32 Å². The van der Waals surface area contributed by atoms with E-state index in [2.05, 4.69) is 10.3 Å². The van der Waals surface area contributed by atoms with Crippen LogP contribution in [0.25, 0.3) is 0 Å². The lowest BCUT2D eigenvalue weighted by atomic mass is 10.3. The van der Waals surface area contributed by atoms with Crippen LogP contribution in [0.1, 0.15) is 29.2 Å². The second kappa shape index (κ2) is 3.67. The van der Waals surface area contributed by atoms with Gasteiger partial charge in [-0.1, -0.05) is 0 Å². The molecular formula is C8H12N2OS. The van der Waals surface area contributed by atoms with Gasteiger partial charge >= 0.3 is 0 Å². The van der Waals surface area contributed by atoms with Crippen LogP contribution in [-0.2, 0) is 0 Å². The van der Waals surface area contributed by atoms with Crippen LogP contribution < -0.4 is 5.32 Å². The van der Waals surface area contributed by atoms with Gasteiger partial charge in [0, 0.05) is 10.9 Å². The predicted octanol–water partition coefficient (Wildman–Crippen LogP) is 1.59. The molecule has 1 aromatic rings. The first-order chi connectivity index (χ1) is 5.61. The van der Waals surface area contributed by atoms with E-state index in [9.17, 15) is 4.79 Å². The Kier molecular flexibility index (Phi) is 2.81. The zero-order valence-corrected chi connectivity index (χ0v) is 8.23. The first-order valence-electron chi connectivity index (χ1n) is 3.82. The molecule has 4 heteroatoms. The number of nitrogens with one attached hydrogen (secondary N) is 1. The van der Waals surface area contributed by atoms with Crippen LogP contribution in [-0.4, -0.2) is 16.9 Å². The van der Waals surface area contributed by atoms with E-state index in [-0.39, 0.29) is 11.9 Å². The summed E-state index contributed by atoms with van der Waals surface area (Å²) >= 11 is 1.49. The minimum Gasteiger partial charge on any atom is -0.348 e. The molecule has 1 rings (SSSR count). The summed E-state index contributed by atoms with van der Waals surface area (Å²) in [6.07, 6.45) is 0. The third-order valence-electron chi connectivity index (χ3n) is 1.38. The molecule has 1 heterocycles. The molecule has 66 valence electrons. The van der Waals surface area contributed by atoms with Crippen LogP contribution in [0.5, 0.6) is 0 Å². The van der Waals surface area contributed by atoms with Crippen LogP contribution in [0.4, 0.5) is 0 Å². The molecule has 0 radical (unpaired) electrons. The molecule has 0 saturated carbocycles. The van der Waals surface area contributed by atoms with Crippen molar-refractivity contribution in [3.8, 4) is 0 Å². The van der Waals surface area contributed by atoms with Crippen LogP contribution in [0.15, 0.2) is 5.51 Å². The number of aromatic nitrogens is 1. The molecule has 0 atom stereocenters. The second-order valence-corrected chi connectivity index (χ2v) is 3.94. The number of carbonyl (C=O) groups excluding carboxylic acids is 1. The van der Waals surface area contributed by atoms with Crippen LogP contribution in [0, 0.1) is 6.92 Å². The summed E-state index contributed by atoms with van der Waals surface area (Å²) in [5.41, 5.74) is 2.23. The van der Waals surface area contributed by atoms with Crippen molar-refractivity contribution in [2.45, 2.75) is 26.8 Å². The molecule has 0 aliphatic heterocycles. The van der Waals surface area contributed by atoms with Crippen LogP contribution >= 0.6 is 11.3 Å². The van der Waals surface area contributed by atoms with Gasteiger partial charge in [0.25, 0.3) is 5.91 Å². The maximum absolute atomic E-state index is 11.4. The van der Waals surface area contributed by atoms with Gasteiger partial charge in [0.1, 0.15) is 5.69 Å². The second-order valence-electron chi connectivity index (χ2n) is 2.89. The fourth-order valence-corrected chi connectivity index (χ4v) is 1.43. The molecule has 1 amide bonds. The summed E-state index contributed by atoms with van der Waals surface area (Å²) in [7, 11) is 0. The van der Waals surface area contributed by atoms with Crippen molar-refractivity contribution in [1.29, 1.82) is 0 Å². The van der Waals surface area contributed by atoms with Crippen molar-refractivity contribution in [3.05, 3.63) is 16.1 Å². The highest BCUT2D eigenvalue weighted by atomic mass is 32.1. The van der Waals surface area contributed by atoms with Crippen molar-refractivity contribution in [1.82, 2.24) is 10.3 Å². The van der Waals surface area contributed by atoms with Gasteiger partial charge in [-0.3, -0.25) is 4.79 Å². The molecule has 0 aromatic carbocycles. The molecule has 0 bridgehead atoms. The van der Waals surface area contributed by atoms with Crippen molar-refractivity contribution in [2.75, 3.05) is 0 Å². The average Bonchev–Trinajstić information content (AvgIpc) is 2.33. The zero-order chi connectivity index (χ0) is 9.14. The molecule has 0 spiro atoms. The Morgan fingerprint density at radius 2 is 2.33 bits per heavy atom. The Morgan fingerprint density at radius 3 is 2.75 bits per heavy atom. The maximum Gasteiger partial charge on any atom is 0.271 e. The summed E-state index contributed by atoms with van der Waals surface area (Å²) < 4.78 is 0. The maximum atomic E-state index is 11.4. The first kappa shape index (κ1) is 9.19. The Labute approximate surface area is 75.8 Å². The SMILES string of the molecule is Cc1scnc1C(=O)NC(C)C. The van der Waals surface area contributed by atoms with E-state index in [0.717, 1.165) is 4.88 Å². The van der Waals surface area contributed by atoms with Crippen molar-refractivity contribution in [3.63, 3.8) is 0 Å². The third-order valence-corrected chi connectivity index (χ3v) is 2.14. The molecule has 0 aliphatic rings. The number of nitrogens with zero attached hydrogens (tertiary/aromatic N) is 1. The lowest BCUT2D eigenvalue weighted by Gasteiger charge is -2.06. The Morgan fingerprint density at radius 1 is 1.67 bits per heavy atom. The van der Waals surface area contributed by atoms with E-state index < -0.39 is 0 Å². The minimum absolute atomic E-state index is 0.0799. The van der Waals surface area contributed by atoms with Crippen molar-refractivity contribution < 1.29 is 4.79 Å². The van der Waals surface area contributed by atoms with Gasteiger partial charge in [0.2, 0.25) is 0 Å². The monoisotopic (exact) mass is 184 g/mol. The van der Waals surface area contributed by atoms with E-state index in [4.69, 9.17) is 0 Å². The fraction of sp³-hybridized carbons (Fsp3) is 0.500. The number of aryl methyl sites for hydroxylation is 1. The highest BCUT2D eigenvalue weighted by Crippen LogP contribution is 2.10.